The third kappa shape index (κ3) is 2.14. The van der Waals surface area contributed by atoms with E-state index in [1.807, 2.05) is 0 Å². The van der Waals surface area contributed by atoms with Crippen molar-refractivity contribution in [1.29, 1.82) is 0 Å². The quantitative estimate of drug-likeness (QED) is 0.428. The van der Waals surface area contributed by atoms with Crippen LogP contribution in [0.25, 0.3) is 0 Å². The minimum atomic E-state index is -0.866. The van der Waals surface area contributed by atoms with E-state index in [0.29, 0.717) is 6.42 Å². The van der Waals surface area contributed by atoms with Gasteiger partial charge in [0.2, 0.25) is 0 Å². The van der Waals surface area contributed by atoms with Gasteiger partial charge in [0.05, 0.1) is 13.2 Å². The maximum Gasteiger partial charge on any atom is 0.376 e. The Bertz CT molecular complexity index is 144. The lowest BCUT2D eigenvalue weighted by atomic mass is 10.1. The van der Waals surface area contributed by atoms with E-state index in [0.717, 1.165) is 7.11 Å². The van der Waals surface area contributed by atoms with Crippen LogP contribution in [0.2, 0.25) is 0 Å². The molecule has 0 aromatic heterocycles. The van der Waals surface area contributed by atoms with Crippen LogP contribution in [-0.2, 0) is 14.3 Å². The zero-order valence-corrected chi connectivity index (χ0v) is 6.09. The Morgan fingerprint density at radius 2 is 2.10 bits per heavy atom. The summed E-state index contributed by atoms with van der Waals surface area (Å²) in [6.07, 6.45) is 0.452. The third-order valence-corrected chi connectivity index (χ3v) is 1.16. The average Bonchev–Trinajstić information content (AvgIpc) is 2.00. The molecular weight excluding hydrogens is 134 g/mol. The molecule has 0 aliphatic heterocycles. The van der Waals surface area contributed by atoms with Crippen molar-refractivity contribution in [3.05, 3.63) is 0 Å². The highest BCUT2D eigenvalue weighted by atomic mass is 16.5. The molecule has 0 heterocycles. The van der Waals surface area contributed by atoms with E-state index in [1.165, 1.54) is 0 Å². The monoisotopic (exact) mass is 145 g/mol. The summed E-state index contributed by atoms with van der Waals surface area (Å²) in [7, 11) is 1.16. The van der Waals surface area contributed by atoms with Crippen molar-refractivity contribution < 1.29 is 14.3 Å². The number of methoxy groups -OCH3 is 1. The number of ketones is 1. The predicted octanol–water partition coefficient (Wildman–Crippen LogP) is -0.534. The molecule has 0 saturated carbocycles. The molecule has 0 bridgehead atoms. The molecule has 0 rings (SSSR count). The van der Waals surface area contributed by atoms with Crippen LogP contribution in [0.15, 0.2) is 0 Å². The molecule has 0 amide bonds. The summed E-state index contributed by atoms with van der Waals surface area (Å²) in [5, 5.41) is 0. The molecule has 4 nitrogen and oxygen atoms in total. The van der Waals surface area contributed by atoms with E-state index < -0.39 is 17.8 Å². The van der Waals surface area contributed by atoms with Crippen LogP contribution in [0.4, 0.5) is 0 Å². The Morgan fingerprint density at radius 1 is 1.60 bits per heavy atom. The predicted molar refractivity (Wildman–Crippen MR) is 35.3 cm³/mol. The number of Topliss-reactive ketones (excluding diaryl/α,β-unsaturated/α-hetero) is 1. The molecule has 0 radical (unpaired) electrons. The second-order valence-electron chi connectivity index (χ2n) is 1.87. The lowest BCUT2D eigenvalue weighted by Crippen LogP contribution is -2.35. The summed E-state index contributed by atoms with van der Waals surface area (Å²) >= 11 is 0. The second-order valence-corrected chi connectivity index (χ2v) is 1.87. The van der Waals surface area contributed by atoms with Gasteiger partial charge >= 0.3 is 5.97 Å². The van der Waals surface area contributed by atoms with Gasteiger partial charge < -0.3 is 10.5 Å². The lowest BCUT2D eigenvalue weighted by Gasteiger charge is -2.03. The highest BCUT2D eigenvalue weighted by molar-refractivity contribution is 6.35. The SMILES string of the molecule is CCC(N)C(=O)C(=O)OC. The lowest BCUT2D eigenvalue weighted by molar-refractivity contribution is -0.152. The highest BCUT2D eigenvalue weighted by Crippen LogP contribution is 1.89. The van der Waals surface area contributed by atoms with Gasteiger partial charge in [-0.3, -0.25) is 4.79 Å². The van der Waals surface area contributed by atoms with E-state index >= 15 is 0 Å². The smallest absolute Gasteiger partial charge is 0.376 e. The molecular formula is C6H11NO3. The van der Waals surface area contributed by atoms with Crippen LogP contribution < -0.4 is 5.73 Å². The van der Waals surface area contributed by atoms with Gasteiger partial charge in [-0.1, -0.05) is 6.92 Å². The Balaban J connectivity index is 3.95. The van der Waals surface area contributed by atoms with Crippen molar-refractivity contribution in [3.63, 3.8) is 0 Å². The van der Waals surface area contributed by atoms with Crippen LogP contribution in [-0.4, -0.2) is 24.9 Å². The summed E-state index contributed by atoms with van der Waals surface area (Å²) in [6.45, 7) is 1.73. The number of hydrogen-bond donors (Lipinski definition) is 1. The first kappa shape index (κ1) is 9.10. The summed E-state index contributed by atoms with van der Waals surface area (Å²) in [5.74, 6) is -1.53. The van der Waals surface area contributed by atoms with E-state index in [1.54, 1.807) is 6.92 Å². The molecule has 10 heavy (non-hydrogen) atoms. The number of carbonyl (C=O) groups is 2. The van der Waals surface area contributed by atoms with Crippen molar-refractivity contribution in [2.24, 2.45) is 5.73 Å². The number of hydrogen-bond acceptors (Lipinski definition) is 4. The molecule has 0 saturated heterocycles. The maximum atomic E-state index is 10.7. The van der Waals surface area contributed by atoms with Gasteiger partial charge in [-0.2, -0.15) is 0 Å². The molecule has 0 aromatic carbocycles. The van der Waals surface area contributed by atoms with Gasteiger partial charge in [0, 0.05) is 0 Å². The first-order chi connectivity index (χ1) is 4.63. The van der Waals surface area contributed by atoms with Crippen molar-refractivity contribution in [2.45, 2.75) is 19.4 Å². The van der Waals surface area contributed by atoms with Crippen molar-refractivity contribution >= 4 is 11.8 Å². The Morgan fingerprint density at radius 3 is 2.40 bits per heavy atom. The number of rotatable bonds is 3. The zero-order chi connectivity index (χ0) is 8.15. The van der Waals surface area contributed by atoms with Gasteiger partial charge in [-0.15, -0.1) is 0 Å². The fraction of sp³-hybridized carbons (Fsp3) is 0.667. The van der Waals surface area contributed by atoms with E-state index in [4.69, 9.17) is 5.73 Å². The first-order valence-corrected chi connectivity index (χ1v) is 3.01. The number of carbonyl (C=O) groups excluding carboxylic acids is 2. The van der Waals surface area contributed by atoms with Crippen molar-refractivity contribution in [2.75, 3.05) is 7.11 Å². The van der Waals surface area contributed by atoms with Gasteiger partial charge in [-0.25, -0.2) is 4.79 Å². The third-order valence-electron chi connectivity index (χ3n) is 1.16. The standard InChI is InChI=1S/C6H11NO3/c1-3-4(7)5(8)6(9)10-2/h4H,3,7H2,1-2H3. The van der Waals surface area contributed by atoms with Crippen LogP contribution in [0.5, 0.6) is 0 Å². The fourth-order valence-electron chi connectivity index (χ4n) is 0.437. The van der Waals surface area contributed by atoms with Crippen LogP contribution in [0, 0.1) is 0 Å². The van der Waals surface area contributed by atoms with E-state index in [9.17, 15) is 9.59 Å². The molecule has 1 unspecified atom stereocenters. The average molecular weight is 145 g/mol. The maximum absolute atomic E-state index is 10.7. The van der Waals surface area contributed by atoms with Gasteiger partial charge in [0.1, 0.15) is 0 Å². The number of esters is 1. The molecule has 58 valence electrons. The van der Waals surface area contributed by atoms with E-state index in [2.05, 4.69) is 4.74 Å². The largest absolute Gasteiger partial charge is 0.463 e. The van der Waals surface area contributed by atoms with Crippen LogP contribution in [0.3, 0.4) is 0 Å². The van der Waals surface area contributed by atoms with Gasteiger partial charge in [-0.05, 0) is 6.42 Å². The minimum Gasteiger partial charge on any atom is -0.463 e. The minimum absolute atomic E-state index is 0.452. The Hall–Kier alpha value is -0.900. The van der Waals surface area contributed by atoms with Crippen molar-refractivity contribution in [1.82, 2.24) is 0 Å². The van der Waals surface area contributed by atoms with Gasteiger partial charge in [0.15, 0.2) is 0 Å². The van der Waals surface area contributed by atoms with Crippen molar-refractivity contribution in [3.8, 4) is 0 Å². The van der Waals surface area contributed by atoms with E-state index in [-0.39, 0.29) is 0 Å². The first-order valence-electron chi connectivity index (χ1n) is 3.01. The Kier molecular flexibility index (Phi) is 3.64. The molecule has 2 N–H and O–H groups in total. The molecule has 4 heteroatoms. The van der Waals surface area contributed by atoms with Crippen LogP contribution >= 0.6 is 0 Å². The summed E-state index contributed by atoms with van der Waals surface area (Å²) in [5.41, 5.74) is 5.24. The number of ether oxygens (including phenoxy) is 1. The second kappa shape index (κ2) is 4.00. The molecule has 0 aromatic rings. The zero-order valence-electron chi connectivity index (χ0n) is 6.09. The molecule has 0 aliphatic carbocycles. The topological polar surface area (TPSA) is 69.4 Å². The summed E-state index contributed by atoms with van der Waals surface area (Å²) in [6, 6.07) is -0.715. The molecule has 0 spiro atoms. The normalized spacial score (nSPS) is 12.3. The molecule has 0 aliphatic rings. The van der Waals surface area contributed by atoms with Crippen LogP contribution in [0.1, 0.15) is 13.3 Å². The molecule has 1 atom stereocenters. The van der Waals surface area contributed by atoms with Gasteiger partial charge in [0.25, 0.3) is 5.78 Å². The fourth-order valence-corrected chi connectivity index (χ4v) is 0.437. The summed E-state index contributed by atoms with van der Waals surface area (Å²) < 4.78 is 4.17. The summed E-state index contributed by atoms with van der Waals surface area (Å²) in [4.78, 5) is 21.2. The molecule has 0 fully saturated rings. The number of nitrogens with two attached hydrogens (primary N) is 1. The highest BCUT2D eigenvalue weighted by Gasteiger charge is 2.20. The Labute approximate surface area is 59.3 Å².